The SMILES string of the molecule is CCC(c1nc(CCl)cs1)N(C)CC(C)C. The van der Waals surface area contributed by atoms with Crippen molar-refractivity contribution in [2.24, 2.45) is 5.92 Å². The lowest BCUT2D eigenvalue weighted by molar-refractivity contribution is 0.213. The molecule has 0 radical (unpaired) electrons. The molecule has 0 bridgehead atoms. The normalized spacial score (nSPS) is 13.7. The maximum absolute atomic E-state index is 5.78. The van der Waals surface area contributed by atoms with Gasteiger partial charge in [0.05, 0.1) is 17.6 Å². The quantitative estimate of drug-likeness (QED) is 0.721. The van der Waals surface area contributed by atoms with E-state index in [4.69, 9.17) is 11.6 Å². The first kappa shape index (κ1) is 13.9. The molecule has 0 spiro atoms. The van der Waals surface area contributed by atoms with Gasteiger partial charge in [0.15, 0.2) is 0 Å². The van der Waals surface area contributed by atoms with Gasteiger partial charge in [-0.25, -0.2) is 4.98 Å². The summed E-state index contributed by atoms with van der Waals surface area (Å²) in [6.07, 6.45) is 1.10. The van der Waals surface area contributed by atoms with Crippen molar-refractivity contribution in [3.63, 3.8) is 0 Å². The molecular formula is C12H21ClN2S. The molecule has 0 aliphatic carbocycles. The van der Waals surface area contributed by atoms with Gasteiger partial charge in [-0.15, -0.1) is 22.9 Å². The summed E-state index contributed by atoms with van der Waals surface area (Å²) in [6, 6.07) is 0.435. The standard InChI is InChI=1S/C12H21ClN2S/c1-5-11(15(4)7-9(2)3)12-14-10(6-13)8-16-12/h8-9,11H,5-7H2,1-4H3. The fourth-order valence-corrected chi connectivity index (χ4v) is 3.21. The summed E-state index contributed by atoms with van der Waals surface area (Å²) in [5.74, 6) is 1.20. The Morgan fingerprint density at radius 3 is 2.62 bits per heavy atom. The Labute approximate surface area is 108 Å². The number of hydrogen-bond acceptors (Lipinski definition) is 3. The number of nitrogens with zero attached hydrogens (tertiary/aromatic N) is 2. The highest BCUT2D eigenvalue weighted by atomic mass is 35.5. The monoisotopic (exact) mass is 260 g/mol. The molecule has 0 aliphatic rings. The van der Waals surface area contributed by atoms with E-state index in [0.29, 0.717) is 17.8 Å². The summed E-state index contributed by atoms with van der Waals surface area (Å²) in [5, 5.41) is 3.26. The lowest BCUT2D eigenvalue weighted by atomic mass is 10.1. The van der Waals surface area contributed by atoms with Crippen LogP contribution in [0.4, 0.5) is 0 Å². The fourth-order valence-electron chi connectivity index (χ4n) is 1.92. The Hall–Kier alpha value is -0.120. The zero-order chi connectivity index (χ0) is 12.1. The average Bonchev–Trinajstić information content (AvgIpc) is 2.66. The minimum Gasteiger partial charge on any atom is -0.297 e. The van der Waals surface area contributed by atoms with Gasteiger partial charge in [-0.3, -0.25) is 4.90 Å². The number of rotatable bonds is 6. The molecule has 2 nitrogen and oxygen atoms in total. The summed E-state index contributed by atoms with van der Waals surface area (Å²) >= 11 is 7.51. The third-order valence-corrected chi connectivity index (χ3v) is 3.83. The first-order valence-electron chi connectivity index (χ1n) is 5.79. The first-order valence-corrected chi connectivity index (χ1v) is 7.20. The zero-order valence-corrected chi connectivity index (χ0v) is 12.1. The van der Waals surface area contributed by atoms with Gasteiger partial charge in [0.2, 0.25) is 0 Å². The van der Waals surface area contributed by atoms with Crippen LogP contribution >= 0.6 is 22.9 Å². The molecule has 1 atom stereocenters. The number of hydrogen-bond donors (Lipinski definition) is 0. The topological polar surface area (TPSA) is 16.1 Å². The van der Waals surface area contributed by atoms with E-state index in [-0.39, 0.29) is 0 Å². The summed E-state index contributed by atoms with van der Waals surface area (Å²) < 4.78 is 0. The highest BCUT2D eigenvalue weighted by molar-refractivity contribution is 7.09. The number of aromatic nitrogens is 1. The van der Waals surface area contributed by atoms with Crippen molar-refractivity contribution in [3.8, 4) is 0 Å². The van der Waals surface area contributed by atoms with Crippen molar-refractivity contribution in [1.29, 1.82) is 0 Å². The van der Waals surface area contributed by atoms with Crippen LogP contribution < -0.4 is 0 Å². The zero-order valence-electron chi connectivity index (χ0n) is 10.5. The van der Waals surface area contributed by atoms with Crippen LogP contribution in [0.1, 0.15) is 43.9 Å². The molecule has 0 aliphatic heterocycles. The number of thiazole rings is 1. The van der Waals surface area contributed by atoms with Crippen molar-refractivity contribution in [2.75, 3.05) is 13.6 Å². The van der Waals surface area contributed by atoms with Crippen molar-refractivity contribution in [1.82, 2.24) is 9.88 Å². The predicted octanol–water partition coefficient (Wildman–Crippen LogP) is 3.92. The number of alkyl halides is 1. The number of halogens is 1. The third-order valence-electron chi connectivity index (χ3n) is 2.56. The second-order valence-corrected chi connectivity index (χ2v) is 5.73. The molecule has 1 unspecified atom stereocenters. The molecule has 0 amide bonds. The van der Waals surface area contributed by atoms with E-state index >= 15 is 0 Å². The molecule has 4 heteroatoms. The second kappa shape index (κ2) is 6.58. The maximum atomic E-state index is 5.78. The van der Waals surface area contributed by atoms with Gasteiger partial charge in [-0.1, -0.05) is 20.8 Å². The van der Waals surface area contributed by atoms with E-state index in [2.05, 4.69) is 43.1 Å². The lowest BCUT2D eigenvalue weighted by Gasteiger charge is -2.26. The largest absolute Gasteiger partial charge is 0.297 e. The van der Waals surface area contributed by atoms with E-state index in [1.807, 2.05) is 0 Å². The van der Waals surface area contributed by atoms with Crippen LogP contribution in [0.15, 0.2) is 5.38 Å². The highest BCUT2D eigenvalue weighted by Crippen LogP contribution is 2.27. The molecule has 16 heavy (non-hydrogen) atoms. The van der Waals surface area contributed by atoms with Crippen molar-refractivity contribution in [2.45, 2.75) is 39.1 Å². The van der Waals surface area contributed by atoms with Crippen LogP contribution in [0, 0.1) is 5.92 Å². The van der Waals surface area contributed by atoms with E-state index in [9.17, 15) is 0 Å². The van der Waals surface area contributed by atoms with E-state index in [1.54, 1.807) is 11.3 Å². The molecule has 0 aromatic carbocycles. The van der Waals surface area contributed by atoms with Crippen molar-refractivity contribution < 1.29 is 0 Å². The van der Waals surface area contributed by atoms with Crippen LogP contribution in [0.3, 0.4) is 0 Å². The van der Waals surface area contributed by atoms with Gasteiger partial charge in [0.1, 0.15) is 5.01 Å². The third kappa shape index (κ3) is 3.72. The molecule has 0 N–H and O–H groups in total. The Kier molecular flexibility index (Phi) is 5.73. The van der Waals surface area contributed by atoms with Crippen LogP contribution in [0.25, 0.3) is 0 Å². The average molecular weight is 261 g/mol. The minimum absolute atomic E-state index is 0.435. The van der Waals surface area contributed by atoms with Gasteiger partial charge < -0.3 is 0 Å². The van der Waals surface area contributed by atoms with Gasteiger partial charge in [0.25, 0.3) is 0 Å². The summed E-state index contributed by atoms with van der Waals surface area (Å²) in [5.41, 5.74) is 0.998. The first-order chi connectivity index (χ1) is 7.58. The van der Waals surface area contributed by atoms with E-state index in [1.165, 1.54) is 5.01 Å². The van der Waals surface area contributed by atoms with Crippen molar-refractivity contribution in [3.05, 3.63) is 16.1 Å². The lowest BCUT2D eigenvalue weighted by Crippen LogP contribution is -2.27. The Morgan fingerprint density at radius 2 is 2.19 bits per heavy atom. The summed E-state index contributed by atoms with van der Waals surface area (Å²) in [6.45, 7) is 7.81. The Bertz CT molecular complexity index is 312. The maximum Gasteiger partial charge on any atom is 0.110 e. The predicted molar refractivity (Wildman–Crippen MR) is 72.2 cm³/mol. The second-order valence-electron chi connectivity index (χ2n) is 4.57. The Balaban J connectivity index is 2.72. The van der Waals surface area contributed by atoms with Gasteiger partial charge in [-0.05, 0) is 19.4 Å². The molecule has 1 heterocycles. The van der Waals surface area contributed by atoms with Crippen LogP contribution in [0.2, 0.25) is 0 Å². The van der Waals surface area contributed by atoms with Gasteiger partial charge >= 0.3 is 0 Å². The molecule has 1 aromatic rings. The van der Waals surface area contributed by atoms with Crippen molar-refractivity contribution >= 4 is 22.9 Å². The molecule has 0 saturated carbocycles. The molecule has 1 aromatic heterocycles. The van der Waals surface area contributed by atoms with Crippen LogP contribution in [-0.2, 0) is 5.88 Å². The highest BCUT2D eigenvalue weighted by Gasteiger charge is 2.19. The van der Waals surface area contributed by atoms with Crippen LogP contribution in [-0.4, -0.2) is 23.5 Å². The van der Waals surface area contributed by atoms with Crippen LogP contribution in [0.5, 0.6) is 0 Å². The molecular weight excluding hydrogens is 240 g/mol. The smallest absolute Gasteiger partial charge is 0.110 e. The molecule has 0 saturated heterocycles. The fraction of sp³-hybridized carbons (Fsp3) is 0.750. The Morgan fingerprint density at radius 1 is 1.50 bits per heavy atom. The van der Waals surface area contributed by atoms with Gasteiger partial charge in [0, 0.05) is 11.9 Å². The molecule has 0 fully saturated rings. The summed E-state index contributed by atoms with van der Waals surface area (Å²) in [7, 11) is 2.18. The summed E-state index contributed by atoms with van der Waals surface area (Å²) in [4.78, 5) is 6.96. The minimum atomic E-state index is 0.435. The van der Waals surface area contributed by atoms with E-state index < -0.39 is 0 Å². The van der Waals surface area contributed by atoms with E-state index in [0.717, 1.165) is 18.7 Å². The van der Waals surface area contributed by atoms with Gasteiger partial charge in [-0.2, -0.15) is 0 Å². The molecule has 92 valence electrons. The molecule has 1 rings (SSSR count).